The van der Waals surface area contributed by atoms with Gasteiger partial charge in [-0.3, -0.25) is 15.0 Å². The molecule has 9 heteroatoms. The van der Waals surface area contributed by atoms with Crippen LogP contribution in [0.15, 0.2) is 66.7 Å². The Kier molecular flexibility index (Phi) is 9.96. The Bertz CT molecular complexity index is 1260. The topological polar surface area (TPSA) is 94.1 Å². The number of carbonyl (C=O) groups is 2. The van der Waals surface area contributed by atoms with E-state index in [0.717, 1.165) is 85.1 Å². The van der Waals surface area contributed by atoms with E-state index >= 15 is 0 Å². The highest BCUT2D eigenvalue weighted by Crippen LogP contribution is 2.28. The van der Waals surface area contributed by atoms with E-state index in [-0.39, 0.29) is 18.0 Å². The molecule has 1 atom stereocenters. The summed E-state index contributed by atoms with van der Waals surface area (Å²) in [6.07, 6.45) is 1.66. The van der Waals surface area contributed by atoms with Gasteiger partial charge in [0, 0.05) is 56.3 Å². The molecule has 0 radical (unpaired) electrons. The predicted molar refractivity (Wildman–Crippen MR) is 159 cm³/mol. The van der Waals surface area contributed by atoms with Crippen molar-refractivity contribution in [1.29, 1.82) is 0 Å². The van der Waals surface area contributed by atoms with Gasteiger partial charge in [0.05, 0.1) is 23.2 Å². The molecule has 1 unspecified atom stereocenters. The fourth-order valence-electron chi connectivity index (χ4n) is 5.32. The van der Waals surface area contributed by atoms with E-state index < -0.39 is 6.09 Å². The summed E-state index contributed by atoms with van der Waals surface area (Å²) < 4.78 is 5.74. The number of anilines is 1. The van der Waals surface area contributed by atoms with Crippen molar-refractivity contribution in [3.05, 3.63) is 76.5 Å². The van der Waals surface area contributed by atoms with Crippen LogP contribution in [0.2, 0.25) is 0 Å². The Labute approximate surface area is 239 Å². The number of thiophene rings is 1. The van der Waals surface area contributed by atoms with Crippen LogP contribution in [-0.2, 0) is 11.3 Å². The zero-order valence-electron chi connectivity index (χ0n) is 22.8. The third kappa shape index (κ3) is 7.99. The number of hydrogen-bond acceptors (Lipinski definition) is 8. The lowest BCUT2D eigenvalue weighted by atomic mass is 10.0. The van der Waals surface area contributed by atoms with Gasteiger partial charge in [-0.15, -0.1) is 11.3 Å². The first-order valence-corrected chi connectivity index (χ1v) is 14.9. The fraction of sp³-hybridized carbons (Fsp3) is 0.419. The first kappa shape index (κ1) is 28.4. The van der Waals surface area contributed by atoms with Gasteiger partial charge in [-0.1, -0.05) is 48.5 Å². The lowest BCUT2D eigenvalue weighted by molar-refractivity contribution is 0.0593. The lowest BCUT2D eigenvalue weighted by Gasteiger charge is -2.31. The first-order chi connectivity index (χ1) is 19.5. The van der Waals surface area contributed by atoms with Crippen LogP contribution in [0.4, 0.5) is 10.5 Å². The molecule has 0 aliphatic carbocycles. The number of aliphatic hydroxyl groups excluding tert-OH is 1. The minimum atomic E-state index is -0.420. The summed E-state index contributed by atoms with van der Waals surface area (Å²) in [5, 5.41) is 15.9. The number of amides is 1. The molecule has 1 amide bonds. The minimum Gasteiger partial charge on any atom is -0.446 e. The molecule has 0 bridgehead atoms. The number of piperidine rings is 1. The minimum absolute atomic E-state index is 0.105. The molecule has 1 aromatic heterocycles. The largest absolute Gasteiger partial charge is 0.446 e. The molecule has 0 spiro atoms. The van der Waals surface area contributed by atoms with Gasteiger partial charge < -0.3 is 20.1 Å². The average molecular weight is 563 g/mol. The van der Waals surface area contributed by atoms with Gasteiger partial charge in [0.25, 0.3) is 0 Å². The van der Waals surface area contributed by atoms with Crippen molar-refractivity contribution in [3.63, 3.8) is 0 Å². The van der Waals surface area contributed by atoms with Crippen molar-refractivity contribution in [2.24, 2.45) is 0 Å². The Morgan fingerprint density at radius 2 is 1.68 bits per heavy atom. The molecule has 3 heterocycles. The van der Waals surface area contributed by atoms with E-state index in [4.69, 9.17) is 4.74 Å². The molecule has 8 nitrogen and oxygen atoms in total. The number of para-hydroxylation sites is 1. The fourth-order valence-corrected chi connectivity index (χ4v) is 6.31. The maximum atomic E-state index is 12.6. The molecule has 2 aliphatic rings. The van der Waals surface area contributed by atoms with Crippen molar-refractivity contribution in [2.75, 3.05) is 51.1 Å². The van der Waals surface area contributed by atoms with Crippen molar-refractivity contribution in [3.8, 4) is 11.1 Å². The summed E-state index contributed by atoms with van der Waals surface area (Å²) in [5.41, 5.74) is 2.74. The van der Waals surface area contributed by atoms with E-state index in [9.17, 15) is 14.7 Å². The Morgan fingerprint density at radius 3 is 2.45 bits per heavy atom. The standard InChI is InChI=1S/C31H38N4O4S/c36-24-12-16-35(21-24)22-26-10-11-30(40-26)29(37)20-32-15-19-34-17-13-25(14-18-34)39-31(38)33-28-9-5-4-8-27(28)23-6-2-1-3-7-23/h1-11,24-25,32,36H,12-22H2,(H,33,38). The summed E-state index contributed by atoms with van der Waals surface area (Å²) in [6, 6.07) is 21.7. The first-order valence-electron chi connectivity index (χ1n) is 14.1. The number of benzene rings is 2. The number of ether oxygens (including phenoxy) is 1. The number of hydrogen-bond donors (Lipinski definition) is 3. The molecule has 40 heavy (non-hydrogen) atoms. The Morgan fingerprint density at radius 1 is 0.925 bits per heavy atom. The van der Waals surface area contributed by atoms with Crippen LogP contribution in [0.3, 0.4) is 0 Å². The van der Waals surface area contributed by atoms with Gasteiger partial charge in [0.15, 0.2) is 5.78 Å². The summed E-state index contributed by atoms with van der Waals surface area (Å²) in [5.74, 6) is 0.115. The van der Waals surface area contributed by atoms with Crippen LogP contribution in [0.1, 0.15) is 33.8 Å². The number of aliphatic hydroxyl groups is 1. The molecule has 2 saturated heterocycles. The van der Waals surface area contributed by atoms with Crippen LogP contribution >= 0.6 is 11.3 Å². The maximum Gasteiger partial charge on any atom is 0.411 e. The SMILES string of the molecule is O=C(Nc1ccccc1-c1ccccc1)OC1CCN(CCNCC(=O)c2ccc(CN3CCC(O)C3)s2)CC1. The molecule has 5 rings (SSSR count). The van der Waals surface area contributed by atoms with Crippen LogP contribution in [-0.4, -0.2) is 84.8 Å². The van der Waals surface area contributed by atoms with Gasteiger partial charge in [-0.25, -0.2) is 4.79 Å². The van der Waals surface area contributed by atoms with Crippen molar-refractivity contribution < 1.29 is 19.4 Å². The van der Waals surface area contributed by atoms with Crippen molar-refractivity contribution in [1.82, 2.24) is 15.1 Å². The van der Waals surface area contributed by atoms with E-state index in [1.54, 1.807) is 11.3 Å². The van der Waals surface area contributed by atoms with Crippen LogP contribution < -0.4 is 10.6 Å². The normalized spacial score (nSPS) is 18.6. The monoisotopic (exact) mass is 562 g/mol. The zero-order chi connectivity index (χ0) is 27.7. The number of Topliss-reactive ketones (excluding diaryl/α,β-unsaturated/α-hetero) is 1. The van der Waals surface area contributed by atoms with E-state index in [0.29, 0.717) is 13.1 Å². The second kappa shape index (κ2) is 14.0. The van der Waals surface area contributed by atoms with E-state index in [1.165, 1.54) is 0 Å². The number of likely N-dealkylation sites (tertiary alicyclic amines) is 2. The van der Waals surface area contributed by atoms with Crippen LogP contribution in [0.25, 0.3) is 11.1 Å². The molecule has 2 aromatic carbocycles. The molecular weight excluding hydrogens is 524 g/mol. The third-order valence-electron chi connectivity index (χ3n) is 7.51. The van der Waals surface area contributed by atoms with Crippen LogP contribution in [0.5, 0.6) is 0 Å². The highest BCUT2D eigenvalue weighted by molar-refractivity contribution is 7.14. The van der Waals surface area contributed by atoms with Gasteiger partial charge in [-0.05, 0) is 43.0 Å². The second-order valence-electron chi connectivity index (χ2n) is 10.5. The number of nitrogens with one attached hydrogen (secondary N) is 2. The summed E-state index contributed by atoms with van der Waals surface area (Å²) in [6.45, 7) is 6.03. The smallest absolute Gasteiger partial charge is 0.411 e. The van der Waals surface area contributed by atoms with Gasteiger partial charge in [0.1, 0.15) is 6.10 Å². The molecule has 2 fully saturated rings. The second-order valence-corrected chi connectivity index (χ2v) is 11.7. The quantitative estimate of drug-likeness (QED) is 0.235. The Hall–Kier alpha value is -3.08. The van der Waals surface area contributed by atoms with Gasteiger partial charge in [0.2, 0.25) is 0 Å². The van der Waals surface area contributed by atoms with Gasteiger partial charge in [-0.2, -0.15) is 0 Å². The number of rotatable bonds is 11. The third-order valence-corrected chi connectivity index (χ3v) is 8.62. The molecular formula is C31H38N4O4S. The number of carbonyl (C=O) groups excluding carboxylic acids is 2. The zero-order valence-corrected chi connectivity index (χ0v) is 23.6. The molecule has 3 N–H and O–H groups in total. The summed E-state index contributed by atoms with van der Waals surface area (Å²) in [4.78, 5) is 31.8. The number of ketones is 1. The van der Waals surface area contributed by atoms with Crippen molar-refractivity contribution in [2.45, 2.75) is 38.0 Å². The molecule has 3 aromatic rings. The average Bonchev–Trinajstić information content (AvgIpc) is 3.61. The van der Waals surface area contributed by atoms with Gasteiger partial charge >= 0.3 is 6.09 Å². The summed E-state index contributed by atoms with van der Waals surface area (Å²) in [7, 11) is 0. The van der Waals surface area contributed by atoms with E-state index in [1.807, 2.05) is 66.7 Å². The Balaban J connectivity index is 0.976. The highest BCUT2D eigenvalue weighted by atomic mass is 32.1. The maximum absolute atomic E-state index is 12.6. The predicted octanol–water partition coefficient (Wildman–Crippen LogP) is 4.47. The number of nitrogens with zero attached hydrogens (tertiary/aromatic N) is 2. The summed E-state index contributed by atoms with van der Waals surface area (Å²) >= 11 is 1.55. The highest BCUT2D eigenvalue weighted by Gasteiger charge is 2.23. The van der Waals surface area contributed by atoms with E-state index in [2.05, 4.69) is 20.4 Å². The van der Waals surface area contributed by atoms with Crippen molar-refractivity contribution >= 4 is 28.9 Å². The molecule has 212 valence electrons. The lowest BCUT2D eigenvalue weighted by Crippen LogP contribution is -2.41. The number of β-amino-alcohol motifs (C(OH)–C–C–N with tert-alkyl or cyclic N) is 1. The molecule has 0 saturated carbocycles. The molecule has 2 aliphatic heterocycles. The van der Waals surface area contributed by atoms with Crippen LogP contribution in [0, 0.1) is 0 Å².